The molecule has 0 aliphatic heterocycles. The van der Waals surface area contributed by atoms with Gasteiger partial charge in [-0.05, 0) is 63.6 Å². The van der Waals surface area contributed by atoms with Crippen molar-refractivity contribution in [1.29, 1.82) is 0 Å². The number of guanidine groups is 1. The van der Waals surface area contributed by atoms with E-state index in [4.69, 9.17) is 0 Å². The Bertz CT molecular complexity index is 648. The third kappa shape index (κ3) is 5.66. The fourth-order valence-electron chi connectivity index (χ4n) is 3.11. The van der Waals surface area contributed by atoms with Gasteiger partial charge in [-0.15, -0.1) is 0 Å². The molecule has 1 aromatic rings. The van der Waals surface area contributed by atoms with Gasteiger partial charge in [0, 0.05) is 24.7 Å². The number of phenolic OH excluding ortho intramolecular Hbond substituents is 1. The summed E-state index contributed by atoms with van der Waals surface area (Å²) in [6, 6.07) is 3.80. The molecule has 0 atom stereocenters. The fourth-order valence-corrected chi connectivity index (χ4v) is 3.11. The van der Waals surface area contributed by atoms with Crippen LogP contribution in [0, 0.1) is 0 Å². The van der Waals surface area contributed by atoms with Gasteiger partial charge in [-0.1, -0.05) is 6.07 Å². The maximum atomic E-state index is 11.9. The van der Waals surface area contributed by atoms with Gasteiger partial charge in [0.25, 0.3) is 0 Å². The molecule has 25 heavy (non-hydrogen) atoms. The average molecular weight is 346 g/mol. The highest BCUT2D eigenvalue weighted by Crippen LogP contribution is 2.30. The van der Waals surface area contributed by atoms with Gasteiger partial charge in [-0.3, -0.25) is 9.79 Å². The molecule has 0 unspecified atom stereocenters. The summed E-state index contributed by atoms with van der Waals surface area (Å²) in [5.41, 5.74) is 3.25. The van der Waals surface area contributed by atoms with Gasteiger partial charge in [0.15, 0.2) is 5.96 Å². The number of fused-ring (bicyclic) bond motifs is 1. The molecule has 4 N–H and O–H groups in total. The molecule has 0 fully saturated rings. The largest absolute Gasteiger partial charge is 0.508 e. The van der Waals surface area contributed by atoms with Crippen LogP contribution in [0.15, 0.2) is 17.1 Å². The number of benzene rings is 1. The van der Waals surface area contributed by atoms with Crippen LogP contribution in [0.5, 0.6) is 5.75 Å². The molecule has 1 aromatic carbocycles. The zero-order chi connectivity index (χ0) is 18.4. The summed E-state index contributed by atoms with van der Waals surface area (Å²) in [7, 11) is 1.66. The number of nitrogens with one attached hydrogen (secondary N) is 3. The lowest BCUT2D eigenvalue weighted by Crippen LogP contribution is -2.48. The van der Waals surface area contributed by atoms with Crippen molar-refractivity contribution in [1.82, 2.24) is 16.0 Å². The number of amides is 1. The van der Waals surface area contributed by atoms with E-state index in [0.717, 1.165) is 24.8 Å². The first-order valence-electron chi connectivity index (χ1n) is 8.88. The van der Waals surface area contributed by atoms with E-state index in [1.165, 1.54) is 17.5 Å². The smallest absolute Gasteiger partial charge is 0.239 e. The molecule has 6 heteroatoms. The molecule has 0 saturated heterocycles. The van der Waals surface area contributed by atoms with Crippen LogP contribution in [0.25, 0.3) is 0 Å². The number of hydrogen-bond acceptors (Lipinski definition) is 3. The Morgan fingerprint density at radius 1 is 1.20 bits per heavy atom. The number of aliphatic imine (C=N–C) groups is 1. The lowest BCUT2D eigenvalue weighted by Gasteiger charge is -2.22. The maximum Gasteiger partial charge on any atom is 0.239 e. The summed E-state index contributed by atoms with van der Waals surface area (Å²) >= 11 is 0. The third-order valence-corrected chi connectivity index (χ3v) is 4.21. The molecule has 0 radical (unpaired) electrons. The van der Waals surface area contributed by atoms with Crippen LogP contribution in [-0.2, 0) is 24.2 Å². The minimum atomic E-state index is -0.259. The van der Waals surface area contributed by atoms with Crippen molar-refractivity contribution in [2.24, 2.45) is 4.99 Å². The molecule has 0 heterocycles. The molecule has 1 amide bonds. The molecule has 0 spiro atoms. The van der Waals surface area contributed by atoms with Crippen LogP contribution in [0.2, 0.25) is 0 Å². The summed E-state index contributed by atoms with van der Waals surface area (Å²) in [6.07, 6.45) is 4.43. The molecule has 6 nitrogen and oxygen atoms in total. The second-order valence-corrected chi connectivity index (χ2v) is 7.49. The predicted molar refractivity (Wildman–Crippen MR) is 101 cm³/mol. The standard InChI is InChI=1S/C19H30N4O2/c1-19(2,3)23-17(25)12-22-18(20-4)21-11-15-14-8-6-5-7-13(14)9-10-16(15)24/h9-10,24H,5-8,11-12H2,1-4H3,(H,23,25)(H2,20,21,22). The second kappa shape index (κ2) is 8.23. The van der Waals surface area contributed by atoms with Crippen LogP contribution in [0.1, 0.15) is 50.3 Å². The van der Waals surface area contributed by atoms with Gasteiger partial charge >= 0.3 is 0 Å². The number of rotatable bonds is 4. The van der Waals surface area contributed by atoms with Crippen LogP contribution >= 0.6 is 0 Å². The molecular formula is C19H30N4O2. The lowest BCUT2D eigenvalue weighted by molar-refractivity contribution is -0.121. The highest BCUT2D eigenvalue weighted by Gasteiger charge is 2.17. The number of nitrogens with zero attached hydrogens (tertiary/aromatic N) is 1. The molecule has 1 aliphatic carbocycles. The Morgan fingerprint density at radius 3 is 2.60 bits per heavy atom. The summed E-state index contributed by atoms with van der Waals surface area (Å²) in [5, 5.41) is 19.3. The van der Waals surface area contributed by atoms with Crippen molar-refractivity contribution in [3.05, 3.63) is 28.8 Å². The van der Waals surface area contributed by atoms with Crippen molar-refractivity contribution >= 4 is 11.9 Å². The third-order valence-electron chi connectivity index (χ3n) is 4.21. The quantitative estimate of drug-likeness (QED) is 0.495. The summed E-state index contributed by atoms with van der Waals surface area (Å²) in [6.45, 7) is 6.46. The van der Waals surface area contributed by atoms with E-state index in [-0.39, 0.29) is 18.0 Å². The number of carbonyl (C=O) groups excluding carboxylic acids is 1. The highest BCUT2D eigenvalue weighted by atomic mass is 16.3. The zero-order valence-electron chi connectivity index (χ0n) is 15.7. The minimum Gasteiger partial charge on any atom is -0.508 e. The molecular weight excluding hydrogens is 316 g/mol. The van der Waals surface area contributed by atoms with E-state index in [9.17, 15) is 9.90 Å². The molecule has 138 valence electrons. The Hall–Kier alpha value is -2.24. The second-order valence-electron chi connectivity index (χ2n) is 7.49. The molecule has 0 saturated carbocycles. The van der Waals surface area contributed by atoms with E-state index in [2.05, 4.69) is 20.9 Å². The topological polar surface area (TPSA) is 85.8 Å². The van der Waals surface area contributed by atoms with Gasteiger partial charge < -0.3 is 21.1 Å². The Kier molecular flexibility index (Phi) is 6.28. The van der Waals surface area contributed by atoms with Gasteiger partial charge in [0.1, 0.15) is 5.75 Å². The minimum absolute atomic E-state index is 0.0876. The van der Waals surface area contributed by atoms with Crippen LogP contribution < -0.4 is 16.0 Å². The van der Waals surface area contributed by atoms with Crippen molar-refractivity contribution in [2.75, 3.05) is 13.6 Å². The SMILES string of the molecule is CN=C(NCC(=O)NC(C)(C)C)NCc1c(O)ccc2c1CCCC2. The maximum absolute atomic E-state index is 11.9. The normalized spacial score (nSPS) is 14.6. The highest BCUT2D eigenvalue weighted by molar-refractivity contribution is 5.86. The van der Waals surface area contributed by atoms with Crippen LogP contribution in [0.4, 0.5) is 0 Å². The van der Waals surface area contributed by atoms with E-state index >= 15 is 0 Å². The Labute approximate surface area is 150 Å². The molecule has 0 bridgehead atoms. The summed E-state index contributed by atoms with van der Waals surface area (Å²) in [5.74, 6) is 0.765. The van der Waals surface area contributed by atoms with Crippen molar-refractivity contribution < 1.29 is 9.90 Å². The molecule has 2 rings (SSSR count). The van der Waals surface area contributed by atoms with Gasteiger partial charge in [-0.25, -0.2) is 0 Å². The van der Waals surface area contributed by atoms with Crippen molar-refractivity contribution in [3.63, 3.8) is 0 Å². The van der Waals surface area contributed by atoms with E-state index < -0.39 is 0 Å². The van der Waals surface area contributed by atoms with Gasteiger partial charge in [0.05, 0.1) is 6.54 Å². The number of carbonyl (C=O) groups is 1. The first-order chi connectivity index (χ1) is 11.8. The monoisotopic (exact) mass is 346 g/mol. The first kappa shape index (κ1) is 19.1. The zero-order valence-corrected chi connectivity index (χ0v) is 15.7. The number of hydrogen-bond donors (Lipinski definition) is 4. The van der Waals surface area contributed by atoms with Crippen molar-refractivity contribution in [2.45, 2.75) is 58.5 Å². The average Bonchev–Trinajstić information content (AvgIpc) is 2.55. The van der Waals surface area contributed by atoms with Crippen molar-refractivity contribution in [3.8, 4) is 5.75 Å². The lowest BCUT2D eigenvalue weighted by atomic mass is 9.88. The molecule has 0 aromatic heterocycles. The summed E-state index contributed by atoms with van der Waals surface area (Å²) in [4.78, 5) is 16.0. The Morgan fingerprint density at radius 2 is 1.92 bits per heavy atom. The predicted octanol–water partition coefficient (Wildman–Crippen LogP) is 1.85. The number of aryl methyl sites for hydroxylation is 1. The Balaban J connectivity index is 1.94. The summed E-state index contributed by atoms with van der Waals surface area (Å²) < 4.78 is 0. The van der Waals surface area contributed by atoms with Crippen LogP contribution in [-0.4, -0.2) is 36.1 Å². The van der Waals surface area contributed by atoms with E-state index in [0.29, 0.717) is 18.3 Å². The van der Waals surface area contributed by atoms with Crippen LogP contribution in [0.3, 0.4) is 0 Å². The number of aromatic hydroxyl groups is 1. The van der Waals surface area contributed by atoms with Gasteiger partial charge in [0.2, 0.25) is 5.91 Å². The fraction of sp³-hybridized carbons (Fsp3) is 0.579. The van der Waals surface area contributed by atoms with Gasteiger partial charge in [-0.2, -0.15) is 0 Å². The molecule has 1 aliphatic rings. The van der Waals surface area contributed by atoms with E-state index in [1.807, 2.05) is 26.8 Å². The first-order valence-corrected chi connectivity index (χ1v) is 8.88. The number of phenols is 1. The van der Waals surface area contributed by atoms with E-state index in [1.54, 1.807) is 13.1 Å².